The van der Waals surface area contributed by atoms with Crippen molar-refractivity contribution in [2.24, 2.45) is 0 Å². The smallest absolute Gasteiger partial charge is 0.413 e. The summed E-state index contributed by atoms with van der Waals surface area (Å²) in [6.07, 6.45) is 2.22. The van der Waals surface area contributed by atoms with Crippen LogP contribution in [0.5, 0.6) is 11.6 Å². The Bertz CT molecular complexity index is 911. The second kappa shape index (κ2) is 9.70. The molecule has 2 amide bonds. The first-order valence-corrected chi connectivity index (χ1v) is 9.97. The van der Waals surface area contributed by atoms with Crippen LogP contribution in [0.1, 0.15) is 30.1 Å². The molecule has 0 fully saturated rings. The molecule has 10 heteroatoms. The molecule has 28 heavy (non-hydrogen) atoms. The number of methoxy groups -OCH3 is 1. The van der Waals surface area contributed by atoms with Crippen molar-refractivity contribution in [1.29, 1.82) is 0 Å². The first kappa shape index (κ1) is 21.2. The highest BCUT2D eigenvalue weighted by Crippen LogP contribution is 2.16. The molecule has 0 radical (unpaired) electrons. The van der Waals surface area contributed by atoms with Crippen LogP contribution in [0.15, 0.2) is 47.5 Å². The predicted molar refractivity (Wildman–Crippen MR) is 101 cm³/mol. The number of sulfonamides is 1. The van der Waals surface area contributed by atoms with Crippen molar-refractivity contribution in [3.63, 3.8) is 0 Å². The summed E-state index contributed by atoms with van der Waals surface area (Å²) in [6, 6.07) is 8.19. The molecule has 0 aliphatic carbocycles. The number of rotatable bonds is 8. The van der Waals surface area contributed by atoms with Gasteiger partial charge in [0, 0.05) is 18.8 Å². The molecule has 9 nitrogen and oxygen atoms in total. The molecule has 0 unspecified atom stereocenters. The van der Waals surface area contributed by atoms with Crippen LogP contribution in [0.2, 0.25) is 0 Å². The van der Waals surface area contributed by atoms with Gasteiger partial charge in [-0.05, 0) is 36.8 Å². The molecular formula is C18H21N3O6S. The Morgan fingerprint density at radius 1 is 1.11 bits per heavy atom. The normalized spacial score (nSPS) is 10.8. The minimum Gasteiger partial charge on any atom is -0.497 e. The number of aromatic nitrogens is 1. The quantitative estimate of drug-likeness (QED) is 0.642. The number of ether oxygens (including phenoxy) is 2. The minimum atomic E-state index is -4.05. The number of carbonyl (C=O) groups excluding carboxylic acids is 2. The van der Waals surface area contributed by atoms with Crippen molar-refractivity contribution in [1.82, 2.24) is 15.0 Å². The first-order valence-electron chi connectivity index (χ1n) is 8.48. The number of unbranched alkanes of at least 4 members (excludes halogenated alkanes) is 1. The number of amides is 2. The fourth-order valence-electron chi connectivity index (χ4n) is 2.07. The van der Waals surface area contributed by atoms with Crippen LogP contribution < -0.4 is 19.5 Å². The predicted octanol–water partition coefficient (Wildman–Crippen LogP) is 2.10. The molecular weight excluding hydrogens is 386 g/mol. The summed E-state index contributed by atoms with van der Waals surface area (Å²) in [4.78, 5) is 27.5. The summed E-state index contributed by atoms with van der Waals surface area (Å²) in [5.74, 6) is -0.380. The van der Waals surface area contributed by atoms with E-state index in [0.29, 0.717) is 12.3 Å². The summed E-state index contributed by atoms with van der Waals surface area (Å²) in [5, 5.41) is 2.56. The van der Waals surface area contributed by atoms with E-state index in [9.17, 15) is 18.0 Å². The molecule has 1 heterocycles. The van der Waals surface area contributed by atoms with Crippen LogP contribution in [-0.4, -0.2) is 39.1 Å². The topological polar surface area (TPSA) is 124 Å². The van der Waals surface area contributed by atoms with Gasteiger partial charge in [-0.1, -0.05) is 13.3 Å². The molecule has 0 atom stereocenters. The Balaban J connectivity index is 1.99. The Morgan fingerprint density at radius 2 is 1.82 bits per heavy atom. The molecule has 0 saturated carbocycles. The largest absolute Gasteiger partial charge is 0.497 e. The molecule has 0 aliphatic heterocycles. The third-order valence-electron chi connectivity index (χ3n) is 3.59. The second-order valence-corrected chi connectivity index (χ2v) is 7.35. The van der Waals surface area contributed by atoms with Crippen molar-refractivity contribution in [3.8, 4) is 11.6 Å². The number of carbonyl (C=O) groups is 2. The maximum absolute atomic E-state index is 12.3. The van der Waals surface area contributed by atoms with Crippen LogP contribution in [-0.2, 0) is 10.0 Å². The lowest BCUT2D eigenvalue weighted by atomic mass is 10.3. The molecule has 0 aliphatic rings. The van der Waals surface area contributed by atoms with Gasteiger partial charge in [0.2, 0.25) is 5.88 Å². The van der Waals surface area contributed by atoms with Gasteiger partial charge in [-0.3, -0.25) is 4.79 Å². The third kappa shape index (κ3) is 5.95. The lowest BCUT2D eigenvalue weighted by Gasteiger charge is -2.08. The molecule has 2 aromatic rings. The second-order valence-electron chi connectivity index (χ2n) is 5.67. The van der Waals surface area contributed by atoms with Gasteiger partial charge in [0.15, 0.2) is 0 Å². The van der Waals surface area contributed by atoms with Crippen LogP contribution in [0.3, 0.4) is 0 Å². The van der Waals surface area contributed by atoms with E-state index < -0.39 is 22.0 Å². The van der Waals surface area contributed by atoms with Gasteiger partial charge < -0.3 is 14.8 Å². The highest BCUT2D eigenvalue weighted by atomic mass is 32.2. The summed E-state index contributed by atoms with van der Waals surface area (Å²) < 4.78 is 36.5. The number of benzene rings is 1. The summed E-state index contributed by atoms with van der Waals surface area (Å²) in [7, 11) is -2.59. The molecule has 1 aromatic heterocycles. The first-order chi connectivity index (χ1) is 13.4. The number of hydrogen-bond donors (Lipinski definition) is 2. The summed E-state index contributed by atoms with van der Waals surface area (Å²) in [5.41, 5.74) is -0.00386. The summed E-state index contributed by atoms with van der Waals surface area (Å²) >= 11 is 0. The maximum atomic E-state index is 12.3. The number of nitrogens with zero attached hydrogens (tertiary/aromatic N) is 1. The molecule has 150 valence electrons. The van der Waals surface area contributed by atoms with Crippen molar-refractivity contribution in [3.05, 3.63) is 48.2 Å². The fourth-order valence-corrected chi connectivity index (χ4v) is 3.04. The van der Waals surface area contributed by atoms with Gasteiger partial charge in [-0.25, -0.2) is 22.9 Å². The van der Waals surface area contributed by atoms with E-state index >= 15 is 0 Å². The van der Waals surface area contributed by atoms with Gasteiger partial charge >= 0.3 is 6.09 Å². The Morgan fingerprint density at radius 3 is 2.39 bits per heavy atom. The van der Waals surface area contributed by atoms with E-state index in [-0.39, 0.29) is 16.3 Å². The highest BCUT2D eigenvalue weighted by molar-refractivity contribution is 7.90. The van der Waals surface area contributed by atoms with E-state index in [1.807, 2.05) is 11.6 Å². The van der Waals surface area contributed by atoms with Gasteiger partial charge in [-0.2, -0.15) is 0 Å². The third-order valence-corrected chi connectivity index (χ3v) is 4.94. The standard InChI is InChI=1S/C18H21N3O6S/c1-3-4-11-19-18(23)27-16-10-5-13(12-20-16)17(22)21-28(24,25)15-8-6-14(26-2)7-9-15/h5-10,12H,3-4,11H2,1-2H3,(H,19,23)(H,21,22). The highest BCUT2D eigenvalue weighted by Gasteiger charge is 2.19. The number of pyridine rings is 1. The van der Waals surface area contributed by atoms with Crippen molar-refractivity contribution >= 4 is 22.0 Å². The van der Waals surface area contributed by atoms with Gasteiger partial charge in [0.1, 0.15) is 5.75 Å². The average Bonchev–Trinajstić information content (AvgIpc) is 2.68. The monoisotopic (exact) mass is 407 g/mol. The molecule has 2 rings (SSSR count). The number of nitrogens with one attached hydrogen (secondary N) is 2. The molecule has 1 aromatic carbocycles. The zero-order chi connectivity index (χ0) is 20.6. The Hall–Kier alpha value is -3.14. The van der Waals surface area contributed by atoms with Gasteiger partial charge in [0.05, 0.1) is 17.6 Å². The fraction of sp³-hybridized carbons (Fsp3) is 0.278. The van der Waals surface area contributed by atoms with Crippen LogP contribution in [0.25, 0.3) is 0 Å². The molecule has 0 bridgehead atoms. The molecule has 0 spiro atoms. The average molecular weight is 407 g/mol. The molecule has 2 N–H and O–H groups in total. The Kier molecular flexibility index (Phi) is 7.33. The van der Waals surface area contributed by atoms with Crippen LogP contribution in [0, 0.1) is 0 Å². The maximum Gasteiger partial charge on any atom is 0.413 e. The van der Waals surface area contributed by atoms with E-state index in [2.05, 4.69) is 10.3 Å². The van der Waals surface area contributed by atoms with Gasteiger partial charge in [0.25, 0.3) is 15.9 Å². The van der Waals surface area contributed by atoms with Crippen molar-refractivity contribution in [2.75, 3.05) is 13.7 Å². The van der Waals surface area contributed by atoms with Crippen molar-refractivity contribution in [2.45, 2.75) is 24.7 Å². The zero-order valence-corrected chi connectivity index (χ0v) is 16.3. The van der Waals surface area contributed by atoms with E-state index in [0.717, 1.165) is 19.0 Å². The summed E-state index contributed by atoms with van der Waals surface area (Å²) in [6.45, 7) is 2.48. The van der Waals surface area contributed by atoms with E-state index in [1.54, 1.807) is 0 Å². The number of hydrogen-bond acceptors (Lipinski definition) is 7. The van der Waals surface area contributed by atoms with E-state index in [1.165, 1.54) is 43.5 Å². The SMILES string of the molecule is CCCCNC(=O)Oc1ccc(C(=O)NS(=O)(=O)c2ccc(OC)cc2)cn1. The van der Waals surface area contributed by atoms with Gasteiger partial charge in [-0.15, -0.1) is 0 Å². The van der Waals surface area contributed by atoms with Crippen molar-refractivity contribution < 1.29 is 27.5 Å². The Labute approximate surface area is 163 Å². The zero-order valence-electron chi connectivity index (χ0n) is 15.5. The minimum absolute atomic E-state index is 0.00386. The van der Waals surface area contributed by atoms with E-state index in [4.69, 9.17) is 9.47 Å². The lowest BCUT2D eigenvalue weighted by molar-refractivity contribution is 0.0981. The molecule has 0 saturated heterocycles. The van der Waals surface area contributed by atoms with Crippen LogP contribution in [0.4, 0.5) is 4.79 Å². The lowest BCUT2D eigenvalue weighted by Crippen LogP contribution is -2.30. The van der Waals surface area contributed by atoms with Crippen LogP contribution >= 0.6 is 0 Å².